The first-order valence-corrected chi connectivity index (χ1v) is 5.52. The standard InChI is InChI=1S/C11H7N3O2S/c12-6-10(7-17-8-13)5-9-1-3-11(4-2-9)14(15)16/h1-5H,7H2/b10-5+. The van der Waals surface area contributed by atoms with Crippen molar-refractivity contribution in [2.75, 3.05) is 5.75 Å². The zero-order chi connectivity index (χ0) is 12.7. The fourth-order valence-corrected chi connectivity index (χ4v) is 1.48. The van der Waals surface area contributed by atoms with E-state index in [9.17, 15) is 10.1 Å². The molecule has 0 radical (unpaired) electrons. The fraction of sp³-hybridized carbons (Fsp3) is 0.0909. The van der Waals surface area contributed by atoms with E-state index in [0.29, 0.717) is 16.9 Å². The Bertz CT molecular complexity index is 523. The van der Waals surface area contributed by atoms with E-state index in [1.807, 2.05) is 11.5 Å². The number of nitriles is 2. The number of nitrogens with zero attached hydrogens (tertiary/aromatic N) is 3. The molecule has 0 amide bonds. The summed E-state index contributed by atoms with van der Waals surface area (Å²) in [6, 6.07) is 7.85. The minimum atomic E-state index is -0.482. The number of non-ortho nitro benzene ring substituents is 1. The van der Waals surface area contributed by atoms with Crippen molar-refractivity contribution in [1.82, 2.24) is 0 Å². The van der Waals surface area contributed by atoms with Crippen LogP contribution in [0.15, 0.2) is 29.8 Å². The Morgan fingerprint density at radius 1 is 1.41 bits per heavy atom. The average molecular weight is 245 g/mol. The summed E-state index contributed by atoms with van der Waals surface area (Å²) in [7, 11) is 0. The quantitative estimate of drug-likeness (QED) is 0.352. The smallest absolute Gasteiger partial charge is 0.258 e. The van der Waals surface area contributed by atoms with Gasteiger partial charge in [0.2, 0.25) is 0 Å². The highest BCUT2D eigenvalue weighted by Gasteiger charge is 2.03. The number of thioether (sulfide) groups is 1. The van der Waals surface area contributed by atoms with Gasteiger partial charge in [0.05, 0.1) is 11.0 Å². The van der Waals surface area contributed by atoms with Gasteiger partial charge in [0, 0.05) is 23.5 Å². The van der Waals surface area contributed by atoms with Crippen LogP contribution in [0.3, 0.4) is 0 Å². The first-order chi connectivity index (χ1) is 8.17. The Balaban J connectivity index is 2.87. The maximum Gasteiger partial charge on any atom is 0.269 e. The van der Waals surface area contributed by atoms with Crippen molar-refractivity contribution in [2.45, 2.75) is 0 Å². The molecule has 0 aliphatic rings. The molecule has 0 unspecified atom stereocenters. The molecule has 0 aromatic heterocycles. The van der Waals surface area contributed by atoms with E-state index < -0.39 is 4.92 Å². The predicted octanol–water partition coefficient (Wildman–Crippen LogP) is 2.72. The summed E-state index contributed by atoms with van der Waals surface area (Å²) in [4.78, 5) is 9.95. The molecule has 0 atom stereocenters. The number of nitro groups is 1. The lowest BCUT2D eigenvalue weighted by Gasteiger charge is -1.96. The molecule has 0 fully saturated rings. The summed E-state index contributed by atoms with van der Waals surface area (Å²) >= 11 is 0.975. The van der Waals surface area contributed by atoms with Crippen molar-refractivity contribution in [3.63, 3.8) is 0 Å². The van der Waals surface area contributed by atoms with Crippen LogP contribution in [0.5, 0.6) is 0 Å². The topological polar surface area (TPSA) is 90.7 Å². The van der Waals surface area contributed by atoms with E-state index >= 15 is 0 Å². The fourth-order valence-electron chi connectivity index (χ4n) is 1.11. The third-order valence-corrected chi connectivity index (χ3v) is 2.47. The van der Waals surface area contributed by atoms with Crippen LogP contribution in [-0.2, 0) is 0 Å². The maximum atomic E-state index is 10.4. The Kier molecular flexibility index (Phi) is 4.74. The number of nitro benzene ring substituents is 1. The average Bonchev–Trinajstić information content (AvgIpc) is 2.35. The highest BCUT2D eigenvalue weighted by atomic mass is 32.2. The molecule has 0 aliphatic heterocycles. The molecule has 84 valence electrons. The number of hydrogen-bond acceptors (Lipinski definition) is 5. The van der Waals surface area contributed by atoms with Gasteiger partial charge in [-0.25, -0.2) is 0 Å². The summed E-state index contributed by atoms with van der Waals surface area (Å²) in [5, 5.41) is 29.5. The first-order valence-electron chi connectivity index (χ1n) is 4.53. The molecule has 1 aromatic carbocycles. The number of rotatable bonds is 4. The van der Waals surface area contributed by atoms with E-state index in [4.69, 9.17) is 10.5 Å². The van der Waals surface area contributed by atoms with Crippen LogP contribution in [0.1, 0.15) is 5.56 Å². The van der Waals surface area contributed by atoms with E-state index in [-0.39, 0.29) is 5.69 Å². The Morgan fingerprint density at radius 3 is 2.53 bits per heavy atom. The van der Waals surface area contributed by atoms with Crippen molar-refractivity contribution in [1.29, 1.82) is 10.5 Å². The van der Waals surface area contributed by atoms with E-state index in [2.05, 4.69) is 0 Å². The first kappa shape index (κ1) is 12.8. The normalized spacial score (nSPS) is 10.4. The molecule has 17 heavy (non-hydrogen) atoms. The highest BCUT2D eigenvalue weighted by Crippen LogP contribution is 2.15. The molecule has 1 aromatic rings. The number of benzene rings is 1. The Labute approximate surface area is 102 Å². The summed E-state index contributed by atoms with van der Waals surface area (Å²) in [6.45, 7) is 0. The molecule has 0 saturated heterocycles. The Morgan fingerprint density at radius 2 is 2.06 bits per heavy atom. The molecule has 1 rings (SSSR count). The van der Waals surface area contributed by atoms with Crippen LogP contribution in [-0.4, -0.2) is 10.7 Å². The molecular formula is C11H7N3O2S. The van der Waals surface area contributed by atoms with Crippen molar-refractivity contribution < 1.29 is 4.92 Å². The minimum absolute atomic E-state index is 0.00653. The lowest BCUT2D eigenvalue weighted by Crippen LogP contribution is -1.87. The van der Waals surface area contributed by atoms with Crippen LogP contribution in [0.4, 0.5) is 5.69 Å². The molecule has 0 bridgehead atoms. The predicted molar refractivity (Wildman–Crippen MR) is 64.8 cm³/mol. The van der Waals surface area contributed by atoms with Crippen LogP contribution in [0.2, 0.25) is 0 Å². The van der Waals surface area contributed by atoms with Gasteiger partial charge in [-0.15, -0.1) is 0 Å². The van der Waals surface area contributed by atoms with Gasteiger partial charge in [0.25, 0.3) is 5.69 Å². The molecule has 0 spiro atoms. The number of thiocyanates is 1. The summed E-state index contributed by atoms with van der Waals surface area (Å²) in [5.74, 6) is 0.310. The molecular weight excluding hydrogens is 238 g/mol. The molecule has 0 heterocycles. The summed E-state index contributed by atoms with van der Waals surface area (Å²) in [5.41, 5.74) is 1.16. The zero-order valence-electron chi connectivity index (χ0n) is 8.66. The monoisotopic (exact) mass is 245 g/mol. The van der Waals surface area contributed by atoms with Gasteiger partial charge in [-0.3, -0.25) is 10.1 Å². The van der Waals surface area contributed by atoms with Gasteiger partial charge < -0.3 is 0 Å². The van der Waals surface area contributed by atoms with Gasteiger partial charge in [-0.1, -0.05) is 0 Å². The third kappa shape index (κ3) is 3.98. The van der Waals surface area contributed by atoms with Crippen molar-refractivity contribution >= 4 is 23.5 Å². The van der Waals surface area contributed by atoms with Gasteiger partial charge >= 0.3 is 0 Å². The van der Waals surface area contributed by atoms with E-state index in [0.717, 1.165) is 11.8 Å². The lowest BCUT2D eigenvalue weighted by atomic mass is 10.1. The molecule has 0 N–H and O–H groups in total. The van der Waals surface area contributed by atoms with Crippen LogP contribution < -0.4 is 0 Å². The summed E-state index contributed by atoms with van der Waals surface area (Å²) in [6.07, 6.45) is 1.61. The Hall–Kier alpha value is -2.31. The largest absolute Gasteiger partial charge is 0.269 e. The third-order valence-electron chi connectivity index (χ3n) is 1.88. The van der Waals surface area contributed by atoms with Crippen molar-refractivity contribution in [3.05, 3.63) is 45.5 Å². The molecule has 0 aliphatic carbocycles. The SMILES string of the molecule is N#CSC/C(C#N)=C/c1ccc([N+](=O)[O-])cc1. The van der Waals surface area contributed by atoms with Gasteiger partial charge in [0.15, 0.2) is 0 Å². The van der Waals surface area contributed by atoms with Crippen LogP contribution >= 0.6 is 11.8 Å². The van der Waals surface area contributed by atoms with Crippen LogP contribution in [0, 0.1) is 32.1 Å². The second-order valence-corrected chi connectivity index (χ2v) is 3.77. The zero-order valence-corrected chi connectivity index (χ0v) is 9.48. The van der Waals surface area contributed by atoms with Gasteiger partial charge in [-0.2, -0.15) is 10.5 Å². The highest BCUT2D eigenvalue weighted by molar-refractivity contribution is 8.03. The minimum Gasteiger partial charge on any atom is -0.258 e. The molecule has 5 nitrogen and oxygen atoms in total. The summed E-state index contributed by atoms with van der Waals surface area (Å²) < 4.78 is 0. The molecule has 6 heteroatoms. The van der Waals surface area contributed by atoms with Gasteiger partial charge in [0.1, 0.15) is 5.40 Å². The number of hydrogen-bond donors (Lipinski definition) is 0. The van der Waals surface area contributed by atoms with Crippen molar-refractivity contribution in [2.24, 2.45) is 0 Å². The van der Waals surface area contributed by atoms with E-state index in [1.54, 1.807) is 18.2 Å². The lowest BCUT2D eigenvalue weighted by molar-refractivity contribution is -0.384. The molecule has 0 saturated carbocycles. The maximum absolute atomic E-state index is 10.4. The van der Waals surface area contributed by atoms with Gasteiger partial charge in [-0.05, 0) is 35.5 Å². The van der Waals surface area contributed by atoms with E-state index in [1.165, 1.54) is 12.1 Å². The second kappa shape index (κ2) is 6.31. The van der Waals surface area contributed by atoms with Crippen molar-refractivity contribution in [3.8, 4) is 11.5 Å². The van der Waals surface area contributed by atoms with Crippen LogP contribution in [0.25, 0.3) is 6.08 Å². The second-order valence-electron chi connectivity index (χ2n) is 3.01.